The topological polar surface area (TPSA) is 69.0 Å². The summed E-state index contributed by atoms with van der Waals surface area (Å²) in [5.74, 6) is 2.51. The number of hydrogen-bond acceptors (Lipinski definition) is 4. The Balaban J connectivity index is 1.22. The van der Waals surface area contributed by atoms with E-state index in [-0.39, 0.29) is 24.0 Å². The van der Waals surface area contributed by atoms with Crippen molar-refractivity contribution < 1.29 is 9.63 Å². The van der Waals surface area contributed by atoms with E-state index in [2.05, 4.69) is 22.6 Å². The maximum Gasteiger partial charge on any atom is 0.261 e. The number of halogens is 1. The second-order valence-corrected chi connectivity index (χ2v) is 9.37. The lowest BCUT2D eigenvalue weighted by Crippen LogP contribution is -2.56. The first-order valence-electron chi connectivity index (χ1n) is 9.94. The fourth-order valence-corrected chi connectivity index (χ4v) is 6.40. The molecule has 0 radical (unpaired) electrons. The van der Waals surface area contributed by atoms with Gasteiger partial charge in [-0.1, -0.05) is 16.4 Å². The van der Waals surface area contributed by atoms with Crippen molar-refractivity contribution in [3.8, 4) is 0 Å². The summed E-state index contributed by atoms with van der Waals surface area (Å²) in [5.41, 5.74) is 1.63. The Bertz CT molecular complexity index is 845. The highest BCUT2D eigenvalue weighted by atomic mass is 35.5. The van der Waals surface area contributed by atoms with Gasteiger partial charge in [-0.25, -0.2) is 0 Å². The van der Waals surface area contributed by atoms with Crippen molar-refractivity contribution in [2.75, 3.05) is 6.61 Å². The Morgan fingerprint density at radius 3 is 2.63 bits per heavy atom. The van der Waals surface area contributed by atoms with Gasteiger partial charge >= 0.3 is 0 Å². The Kier molecular flexibility index (Phi) is 4.08. The lowest BCUT2D eigenvalue weighted by molar-refractivity contribution is -0.130. The third-order valence-electron chi connectivity index (χ3n) is 7.08. The highest BCUT2D eigenvalue weighted by Gasteiger charge is 2.53. The van der Waals surface area contributed by atoms with Crippen LogP contribution in [0, 0.1) is 23.2 Å². The number of carbonyl (C=O) groups excluding carboxylic acids is 1. The van der Waals surface area contributed by atoms with Gasteiger partial charge in [0.15, 0.2) is 6.61 Å². The minimum absolute atomic E-state index is 0.0817. The van der Waals surface area contributed by atoms with Crippen LogP contribution in [0.1, 0.15) is 45.4 Å². The molecule has 1 aromatic carbocycles. The van der Waals surface area contributed by atoms with Crippen molar-refractivity contribution in [3.05, 3.63) is 23.2 Å². The fraction of sp³-hybridized carbons (Fsp3) is 0.650. The number of nitrogens with one attached hydrogen (secondary N) is 1. The first kappa shape index (κ1) is 17.3. The second-order valence-electron chi connectivity index (χ2n) is 8.94. The van der Waals surface area contributed by atoms with Gasteiger partial charge in [-0.05, 0) is 92.0 Å². The van der Waals surface area contributed by atoms with Gasteiger partial charge in [0.25, 0.3) is 5.91 Å². The Labute approximate surface area is 163 Å². The first-order chi connectivity index (χ1) is 13.0. The van der Waals surface area contributed by atoms with Crippen LogP contribution >= 0.6 is 11.6 Å². The lowest BCUT2D eigenvalue weighted by atomic mass is 9.48. The molecular formula is C20H25ClN4O2. The quantitative estimate of drug-likeness (QED) is 0.853. The molecule has 1 N–H and O–H groups in total. The molecule has 4 aliphatic rings. The van der Waals surface area contributed by atoms with E-state index in [0.717, 1.165) is 17.8 Å². The number of aromatic nitrogens is 3. The molecule has 4 bridgehead atoms. The predicted molar refractivity (Wildman–Crippen MR) is 102 cm³/mol. The van der Waals surface area contributed by atoms with E-state index in [9.17, 15) is 4.79 Å². The van der Waals surface area contributed by atoms with Crippen LogP contribution in [0.15, 0.2) is 18.2 Å². The van der Waals surface area contributed by atoms with Crippen LogP contribution < -0.4 is 10.2 Å². The SMILES string of the molecule is C[C@@H](NC(=O)COn1nnc2ccc(Cl)cc21)C12CC3CC(CC(C3)C1)C2. The molecular weight excluding hydrogens is 364 g/mol. The normalized spacial score (nSPS) is 32.6. The summed E-state index contributed by atoms with van der Waals surface area (Å²) in [7, 11) is 0. The molecule has 6 rings (SSSR count). The van der Waals surface area contributed by atoms with Gasteiger partial charge in [-0.15, -0.1) is 5.10 Å². The van der Waals surface area contributed by atoms with Crippen LogP contribution in [0.2, 0.25) is 5.02 Å². The summed E-state index contributed by atoms with van der Waals surface area (Å²) >= 11 is 6.03. The summed E-state index contributed by atoms with van der Waals surface area (Å²) in [6.07, 6.45) is 8.04. The Hall–Kier alpha value is -1.82. The minimum Gasteiger partial charge on any atom is -0.385 e. The number of fused-ring (bicyclic) bond motifs is 1. The van der Waals surface area contributed by atoms with Crippen LogP contribution in [0.3, 0.4) is 0 Å². The third kappa shape index (κ3) is 3.08. The van der Waals surface area contributed by atoms with Crippen LogP contribution in [0.5, 0.6) is 0 Å². The van der Waals surface area contributed by atoms with Crippen molar-refractivity contribution in [2.24, 2.45) is 23.2 Å². The van der Waals surface area contributed by atoms with E-state index in [1.165, 1.54) is 43.4 Å². The largest absolute Gasteiger partial charge is 0.385 e. The highest BCUT2D eigenvalue weighted by molar-refractivity contribution is 6.31. The van der Waals surface area contributed by atoms with E-state index in [1.54, 1.807) is 18.2 Å². The molecule has 0 unspecified atom stereocenters. The number of amides is 1. The standard InChI is InChI=1S/C20H25ClN4O2/c1-12(20-8-13-4-14(9-20)6-15(5-13)10-20)22-19(26)11-27-25-18-7-16(21)2-3-17(18)23-24-25/h2-3,7,12-15H,4-6,8-11H2,1H3,(H,22,26)/t12-,13?,14?,15?,20?/m1/s1. The van der Waals surface area contributed by atoms with Crippen LogP contribution in [-0.4, -0.2) is 33.7 Å². The molecule has 7 heteroatoms. The minimum atomic E-state index is -0.107. The molecule has 1 heterocycles. The summed E-state index contributed by atoms with van der Waals surface area (Å²) in [6.45, 7) is 2.09. The Morgan fingerprint density at radius 1 is 1.30 bits per heavy atom. The molecule has 4 saturated carbocycles. The number of hydrogen-bond donors (Lipinski definition) is 1. The number of benzene rings is 1. The molecule has 2 aromatic rings. The average molecular weight is 389 g/mol. The van der Waals surface area contributed by atoms with Crippen molar-refractivity contribution in [3.63, 3.8) is 0 Å². The molecule has 0 aliphatic heterocycles. The van der Waals surface area contributed by atoms with Gasteiger partial charge in [-0.3, -0.25) is 4.79 Å². The van der Waals surface area contributed by atoms with Crippen LogP contribution in [0.25, 0.3) is 11.0 Å². The van der Waals surface area contributed by atoms with E-state index >= 15 is 0 Å². The van der Waals surface area contributed by atoms with E-state index in [4.69, 9.17) is 16.4 Å². The van der Waals surface area contributed by atoms with Gasteiger partial charge in [0.2, 0.25) is 0 Å². The molecule has 4 fully saturated rings. The zero-order chi connectivity index (χ0) is 18.6. The molecule has 4 aliphatic carbocycles. The number of nitrogens with zero attached hydrogens (tertiary/aromatic N) is 3. The third-order valence-corrected chi connectivity index (χ3v) is 7.31. The van der Waals surface area contributed by atoms with Crippen LogP contribution in [-0.2, 0) is 4.79 Å². The summed E-state index contributed by atoms with van der Waals surface area (Å²) in [4.78, 5) is 19.4. The van der Waals surface area contributed by atoms with Gasteiger partial charge < -0.3 is 10.2 Å². The van der Waals surface area contributed by atoms with Gasteiger partial charge in [-0.2, -0.15) is 0 Å². The molecule has 0 saturated heterocycles. The number of carbonyl (C=O) groups is 1. The van der Waals surface area contributed by atoms with Crippen molar-refractivity contribution in [1.82, 2.24) is 20.5 Å². The molecule has 1 amide bonds. The molecule has 1 aromatic heterocycles. The van der Waals surface area contributed by atoms with Gasteiger partial charge in [0.1, 0.15) is 11.0 Å². The number of rotatable bonds is 5. The molecule has 144 valence electrons. The zero-order valence-corrected chi connectivity index (χ0v) is 16.3. The van der Waals surface area contributed by atoms with Crippen molar-refractivity contribution in [2.45, 2.75) is 51.5 Å². The smallest absolute Gasteiger partial charge is 0.261 e. The zero-order valence-electron chi connectivity index (χ0n) is 15.5. The monoisotopic (exact) mass is 388 g/mol. The molecule has 0 spiro atoms. The fourth-order valence-electron chi connectivity index (χ4n) is 6.23. The van der Waals surface area contributed by atoms with Gasteiger partial charge in [0, 0.05) is 11.1 Å². The maximum atomic E-state index is 12.5. The first-order valence-corrected chi connectivity index (χ1v) is 10.3. The summed E-state index contributed by atoms with van der Waals surface area (Å²) in [6, 6.07) is 5.44. The van der Waals surface area contributed by atoms with E-state index in [1.807, 2.05) is 0 Å². The lowest BCUT2D eigenvalue weighted by Gasteiger charge is -2.59. The highest BCUT2D eigenvalue weighted by Crippen LogP contribution is 2.61. The predicted octanol–water partition coefficient (Wildman–Crippen LogP) is 3.23. The molecule has 6 nitrogen and oxygen atoms in total. The molecule has 27 heavy (non-hydrogen) atoms. The van der Waals surface area contributed by atoms with E-state index < -0.39 is 0 Å². The second kappa shape index (κ2) is 6.36. The van der Waals surface area contributed by atoms with Crippen LogP contribution in [0.4, 0.5) is 0 Å². The van der Waals surface area contributed by atoms with Gasteiger partial charge in [0.05, 0.1) is 0 Å². The molecule has 1 atom stereocenters. The average Bonchev–Trinajstić information content (AvgIpc) is 3.01. The van der Waals surface area contributed by atoms with E-state index in [0.29, 0.717) is 16.1 Å². The van der Waals surface area contributed by atoms with Crippen molar-refractivity contribution >= 4 is 28.5 Å². The summed E-state index contributed by atoms with van der Waals surface area (Å²) in [5, 5.41) is 11.8. The Morgan fingerprint density at radius 2 is 1.96 bits per heavy atom. The summed E-state index contributed by atoms with van der Waals surface area (Å²) < 4.78 is 0. The maximum absolute atomic E-state index is 12.5. The van der Waals surface area contributed by atoms with Crippen molar-refractivity contribution in [1.29, 1.82) is 0 Å².